The molecular formula is C15H18N6O. The lowest BCUT2D eigenvalue weighted by atomic mass is 10.2. The first-order valence-corrected chi connectivity index (χ1v) is 7.07. The zero-order chi connectivity index (χ0) is 15.5. The molecule has 0 aliphatic carbocycles. The molecule has 0 aliphatic heterocycles. The molecule has 0 saturated heterocycles. The number of hydrogen-bond donors (Lipinski definition) is 1. The number of rotatable bonds is 5. The van der Waals surface area contributed by atoms with Gasteiger partial charge in [-0.05, 0) is 19.1 Å². The summed E-state index contributed by atoms with van der Waals surface area (Å²) in [5.41, 5.74) is 0.552. The molecule has 0 saturated carbocycles. The molecule has 0 radical (unpaired) electrons. The maximum Gasteiger partial charge on any atom is 0.256 e. The molecule has 0 aliphatic rings. The van der Waals surface area contributed by atoms with Gasteiger partial charge >= 0.3 is 0 Å². The zero-order valence-corrected chi connectivity index (χ0v) is 12.5. The van der Waals surface area contributed by atoms with Crippen molar-refractivity contribution in [1.29, 1.82) is 0 Å². The summed E-state index contributed by atoms with van der Waals surface area (Å²) in [6, 6.07) is 3.81. The molecule has 3 heterocycles. The maximum atomic E-state index is 12.5. The summed E-state index contributed by atoms with van der Waals surface area (Å²) in [4.78, 5) is 16.5. The van der Waals surface area contributed by atoms with Gasteiger partial charge in [0.15, 0.2) is 0 Å². The SMILES string of the molecule is C[C@H](Cn1ccnc1)NC(=O)c1cnn(C)c1-n1cccc1. The molecular weight excluding hydrogens is 280 g/mol. The second-order valence-electron chi connectivity index (χ2n) is 5.23. The Morgan fingerprint density at radius 3 is 2.77 bits per heavy atom. The summed E-state index contributed by atoms with van der Waals surface area (Å²) in [6.45, 7) is 2.63. The van der Waals surface area contributed by atoms with Crippen molar-refractivity contribution in [2.75, 3.05) is 0 Å². The minimum absolute atomic E-state index is 0.0144. The molecule has 3 aromatic heterocycles. The van der Waals surface area contributed by atoms with Crippen LogP contribution in [-0.4, -0.2) is 35.8 Å². The molecule has 7 nitrogen and oxygen atoms in total. The molecule has 3 rings (SSSR count). The van der Waals surface area contributed by atoms with E-state index >= 15 is 0 Å². The molecule has 0 bridgehead atoms. The molecule has 1 atom stereocenters. The van der Waals surface area contributed by atoms with Crippen molar-refractivity contribution in [3.05, 3.63) is 55.0 Å². The van der Waals surface area contributed by atoms with Crippen LogP contribution in [0.1, 0.15) is 17.3 Å². The van der Waals surface area contributed by atoms with Crippen LogP contribution >= 0.6 is 0 Å². The summed E-state index contributed by atoms with van der Waals surface area (Å²) in [6.07, 6.45) is 10.7. The lowest BCUT2D eigenvalue weighted by molar-refractivity contribution is 0.0936. The number of hydrogen-bond acceptors (Lipinski definition) is 3. The highest BCUT2D eigenvalue weighted by Crippen LogP contribution is 2.14. The van der Waals surface area contributed by atoms with E-state index in [4.69, 9.17) is 0 Å². The Bertz CT molecular complexity index is 741. The molecule has 0 spiro atoms. The van der Waals surface area contributed by atoms with Gasteiger partial charge in [-0.25, -0.2) is 4.98 Å². The number of carbonyl (C=O) groups excluding carboxylic acids is 1. The van der Waals surface area contributed by atoms with Gasteiger partial charge in [-0.3, -0.25) is 9.48 Å². The average Bonchev–Trinajstić information content (AvgIpc) is 3.18. The standard InChI is InChI=1S/C15H18N6O/c1-12(10-20-8-5-16-11-20)18-14(22)13-9-17-19(2)15(13)21-6-3-4-7-21/h3-9,11-12H,10H2,1-2H3,(H,18,22)/t12-/m1/s1. The predicted molar refractivity (Wildman–Crippen MR) is 81.7 cm³/mol. The van der Waals surface area contributed by atoms with Crippen molar-refractivity contribution in [2.45, 2.75) is 19.5 Å². The first-order valence-electron chi connectivity index (χ1n) is 7.07. The van der Waals surface area contributed by atoms with Crippen LogP contribution in [0.2, 0.25) is 0 Å². The molecule has 0 unspecified atom stereocenters. The molecule has 7 heteroatoms. The lowest BCUT2D eigenvalue weighted by Gasteiger charge is -2.15. The molecule has 1 N–H and O–H groups in total. The number of amides is 1. The Morgan fingerprint density at radius 1 is 1.32 bits per heavy atom. The minimum Gasteiger partial charge on any atom is -0.348 e. The Hall–Kier alpha value is -2.83. The summed E-state index contributed by atoms with van der Waals surface area (Å²) >= 11 is 0. The van der Waals surface area contributed by atoms with E-state index in [1.54, 1.807) is 23.4 Å². The predicted octanol–water partition coefficient (Wildman–Crippen LogP) is 1.23. The first-order chi connectivity index (χ1) is 10.6. The molecule has 0 fully saturated rings. The van der Waals surface area contributed by atoms with E-state index in [1.165, 1.54) is 0 Å². The highest BCUT2D eigenvalue weighted by Gasteiger charge is 2.18. The Balaban J connectivity index is 1.76. The van der Waals surface area contributed by atoms with E-state index in [2.05, 4.69) is 15.4 Å². The second kappa shape index (κ2) is 5.88. The molecule has 0 aromatic carbocycles. The summed E-state index contributed by atoms with van der Waals surface area (Å²) in [7, 11) is 1.82. The van der Waals surface area contributed by atoms with Crippen molar-refractivity contribution >= 4 is 5.91 Å². The van der Waals surface area contributed by atoms with Crippen LogP contribution in [0.5, 0.6) is 0 Å². The van der Waals surface area contributed by atoms with Gasteiger partial charge < -0.3 is 14.5 Å². The van der Waals surface area contributed by atoms with E-state index in [-0.39, 0.29) is 11.9 Å². The van der Waals surface area contributed by atoms with Gasteiger partial charge in [-0.2, -0.15) is 5.10 Å². The minimum atomic E-state index is -0.135. The van der Waals surface area contributed by atoms with Gasteiger partial charge in [0.1, 0.15) is 11.4 Å². The van der Waals surface area contributed by atoms with Gasteiger partial charge in [0.2, 0.25) is 0 Å². The summed E-state index contributed by atoms with van der Waals surface area (Å²) in [5, 5.41) is 7.19. The van der Waals surface area contributed by atoms with Gasteiger partial charge in [0.05, 0.1) is 12.5 Å². The van der Waals surface area contributed by atoms with E-state index in [1.807, 2.05) is 53.8 Å². The Morgan fingerprint density at radius 2 is 2.09 bits per heavy atom. The van der Waals surface area contributed by atoms with Crippen LogP contribution in [0, 0.1) is 0 Å². The summed E-state index contributed by atoms with van der Waals surface area (Å²) < 4.78 is 5.50. The third-order valence-corrected chi connectivity index (χ3v) is 3.42. The Labute approximate surface area is 128 Å². The van der Waals surface area contributed by atoms with Gasteiger partial charge in [-0.1, -0.05) is 0 Å². The Kier molecular flexibility index (Phi) is 3.78. The monoisotopic (exact) mass is 298 g/mol. The topological polar surface area (TPSA) is 69.7 Å². The van der Waals surface area contributed by atoms with Gasteiger partial charge in [-0.15, -0.1) is 0 Å². The molecule has 114 valence electrons. The lowest BCUT2D eigenvalue weighted by Crippen LogP contribution is -2.35. The quantitative estimate of drug-likeness (QED) is 0.770. The smallest absolute Gasteiger partial charge is 0.256 e. The number of nitrogens with one attached hydrogen (secondary N) is 1. The average molecular weight is 298 g/mol. The third kappa shape index (κ3) is 2.78. The van der Waals surface area contributed by atoms with E-state index in [0.717, 1.165) is 5.82 Å². The molecule has 3 aromatic rings. The van der Waals surface area contributed by atoms with E-state index in [0.29, 0.717) is 12.1 Å². The van der Waals surface area contributed by atoms with Crippen LogP contribution in [0.15, 0.2) is 49.4 Å². The van der Waals surface area contributed by atoms with Gasteiger partial charge in [0, 0.05) is 44.4 Å². The first kappa shape index (κ1) is 14.1. The van der Waals surface area contributed by atoms with E-state index in [9.17, 15) is 4.79 Å². The van der Waals surface area contributed by atoms with Crippen LogP contribution in [0.4, 0.5) is 0 Å². The second-order valence-corrected chi connectivity index (χ2v) is 5.23. The normalized spacial score (nSPS) is 12.3. The fraction of sp³-hybridized carbons (Fsp3) is 0.267. The number of nitrogens with zero attached hydrogens (tertiary/aromatic N) is 5. The van der Waals surface area contributed by atoms with Crippen LogP contribution in [0.25, 0.3) is 5.82 Å². The summed E-state index contributed by atoms with van der Waals surface area (Å²) in [5.74, 6) is 0.613. The fourth-order valence-electron chi connectivity index (χ4n) is 2.43. The number of aromatic nitrogens is 5. The van der Waals surface area contributed by atoms with Crippen molar-refractivity contribution in [3.8, 4) is 5.82 Å². The number of imidazole rings is 1. The van der Waals surface area contributed by atoms with Gasteiger partial charge in [0.25, 0.3) is 5.91 Å². The maximum absolute atomic E-state index is 12.5. The molecule has 1 amide bonds. The van der Waals surface area contributed by atoms with Crippen molar-refractivity contribution < 1.29 is 4.79 Å². The van der Waals surface area contributed by atoms with Crippen LogP contribution < -0.4 is 5.32 Å². The van der Waals surface area contributed by atoms with Crippen molar-refractivity contribution in [1.82, 2.24) is 29.2 Å². The molecule has 22 heavy (non-hydrogen) atoms. The highest BCUT2D eigenvalue weighted by atomic mass is 16.1. The number of aryl methyl sites for hydroxylation is 1. The van der Waals surface area contributed by atoms with Crippen molar-refractivity contribution in [3.63, 3.8) is 0 Å². The third-order valence-electron chi connectivity index (χ3n) is 3.42. The van der Waals surface area contributed by atoms with Crippen molar-refractivity contribution in [2.24, 2.45) is 7.05 Å². The van der Waals surface area contributed by atoms with E-state index < -0.39 is 0 Å². The van der Waals surface area contributed by atoms with Crippen LogP contribution in [-0.2, 0) is 13.6 Å². The van der Waals surface area contributed by atoms with Crippen LogP contribution in [0.3, 0.4) is 0 Å². The number of carbonyl (C=O) groups is 1. The zero-order valence-electron chi connectivity index (χ0n) is 12.5. The largest absolute Gasteiger partial charge is 0.348 e. The highest BCUT2D eigenvalue weighted by molar-refractivity contribution is 5.97. The fourth-order valence-corrected chi connectivity index (χ4v) is 2.43.